The molecule has 1 aromatic carbocycles. The number of para-hydroxylation sites is 1. The topological polar surface area (TPSA) is 60.7 Å². The Kier molecular flexibility index (Phi) is 2.46. The quantitative estimate of drug-likeness (QED) is 0.577. The highest BCUT2D eigenvalue weighted by molar-refractivity contribution is 5.39. The predicted octanol–water partition coefficient (Wildman–Crippen LogP) is 0.377. The molecule has 60 valence electrons. The Balaban J connectivity index is 3.10. The van der Waals surface area contributed by atoms with Crippen molar-refractivity contribution in [1.82, 2.24) is 0 Å². The van der Waals surface area contributed by atoms with Gasteiger partial charge in [-0.25, -0.2) is 0 Å². The second kappa shape index (κ2) is 3.37. The summed E-state index contributed by atoms with van der Waals surface area (Å²) in [6, 6.07) is 4.89. The molecule has 0 radical (unpaired) electrons. The second-order valence-electron chi connectivity index (χ2n) is 2.24. The zero-order valence-electron chi connectivity index (χ0n) is 5.99. The van der Waals surface area contributed by atoms with E-state index < -0.39 is 0 Å². The molecule has 0 unspecified atom stereocenters. The summed E-state index contributed by atoms with van der Waals surface area (Å²) in [5.74, 6) is -0.0162. The Bertz CT molecular complexity index is 223. The Hall–Kier alpha value is -1.06. The number of aliphatic hydroxyl groups excluding tert-OH is 2. The molecular weight excluding hydrogens is 144 g/mol. The summed E-state index contributed by atoms with van der Waals surface area (Å²) in [5, 5.41) is 26.7. The minimum Gasteiger partial charge on any atom is -0.507 e. The number of aliphatic hydroxyl groups is 2. The highest BCUT2D eigenvalue weighted by Gasteiger charge is 2.03. The molecule has 1 rings (SSSR count). The molecule has 0 saturated heterocycles. The van der Waals surface area contributed by atoms with Crippen LogP contribution in [0.5, 0.6) is 5.75 Å². The lowest BCUT2D eigenvalue weighted by Crippen LogP contribution is -1.89. The first-order valence-electron chi connectivity index (χ1n) is 3.31. The van der Waals surface area contributed by atoms with E-state index in [-0.39, 0.29) is 19.0 Å². The third kappa shape index (κ3) is 1.50. The van der Waals surface area contributed by atoms with E-state index >= 15 is 0 Å². The Labute approximate surface area is 64.5 Å². The summed E-state index contributed by atoms with van der Waals surface area (Å²) in [6.07, 6.45) is 0. The van der Waals surface area contributed by atoms with Crippen LogP contribution in [0.3, 0.4) is 0 Å². The van der Waals surface area contributed by atoms with E-state index in [1.807, 2.05) is 0 Å². The summed E-state index contributed by atoms with van der Waals surface area (Å²) in [4.78, 5) is 0. The fraction of sp³-hybridized carbons (Fsp3) is 0.250. The fourth-order valence-corrected chi connectivity index (χ4v) is 0.900. The lowest BCUT2D eigenvalue weighted by molar-refractivity contribution is 0.264. The molecule has 0 spiro atoms. The van der Waals surface area contributed by atoms with Crippen LogP contribution in [0.25, 0.3) is 0 Å². The van der Waals surface area contributed by atoms with Gasteiger partial charge in [0.1, 0.15) is 5.75 Å². The minimum absolute atomic E-state index is 0.0162. The number of aromatic hydroxyl groups is 1. The number of hydrogen-bond donors (Lipinski definition) is 3. The average Bonchev–Trinajstić information content (AvgIpc) is 2.05. The van der Waals surface area contributed by atoms with Gasteiger partial charge in [0.15, 0.2) is 0 Å². The molecule has 1 aromatic rings. The lowest BCUT2D eigenvalue weighted by atomic mass is 10.1. The van der Waals surface area contributed by atoms with Gasteiger partial charge in [0.05, 0.1) is 13.2 Å². The van der Waals surface area contributed by atoms with Crippen molar-refractivity contribution in [1.29, 1.82) is 0 Å². The molecule has 0 aliphatic carbocycles. The van der Waals surface area contributed by atoms with Gasteiger partial charge in [-0.15, -0.1) is 0 Å². The van der Waals surface area contributed by atoms with Crippen molar-refractivity contribution in [3.05, 3.63) is 29.3 Å². The van der Waals surface area contributed by atoms with Gasteiger partial charge in [-0.2, -0.15) is 0 Å². The molecule has 0 heterocycles. The maximum absolute atomic E-state index is 9.27. The highest BCUT2D eigenvalue weighted by Crippen LogP contribution is 2.21. The van der Waals surface area contributed by atoms with Crippen molar-refractivity contribution in [2.24, 2.45) is 0 Å². The van der Waals surface area contributed by atoms with Crippen LogP contribution in [0.15, 0.2) is 18.2 Å². The third-order valence-electron chi connectivity index (χ3n) is 1.54. The first-order chi connectivity index (χ1) is 5.29. The molecular formula is C8H10O3. The zero-order chi connectivity index (χ0) is 8.27. The molecule has 0 saturated carbocycles. The highest BCUT2D eigenvalue weighted by atomic mass is 16.3. The van der Waals surface area contributed by atoms with Gasteiger partial charge in [0.2, 0.25) is 0 Å². The monoisotopic (exact) mass is 154 g/mol. The third-order valence-corrected chi connectivity index (χ3v) is 1.54. The van der Waals surface area contributed by atoms with E-state index in [2.05, 4.69) is 0 Å². The first kappa shape index (κ1) is 8.04. The maximum Gasteiger partial charge on any atom is 0.126 e. The molecule has 0 aliphatic heterocycles. The van der Waals surface area contributed by atoms with Crippen molar-refractivity contribution >= 4 is 0 Å². The van der Waals surface area contributed by atoms with Gasteiger partial charge < -0.3 is 15.3 Å². The molecule has 0 bridgehead atoms. The first-order valence-corrected chi connectivity index (χ1v) is 3.31. The number of phenols is 1. The van der Waals surface area contributed by atoms with Gasteiger partial charge in [-0.05, 0) is 0 Å². The van der Waals surface area contributed by atoms with E-state index in [1.165, 1.54) is 0 Å². The van der Waals surface area contributed by atoms with Gasteiger partial charge in [0.25, 0.3) is 0 Å². The van der Waals surface area contributed by atoms with E-state index in [4.69, 9.17) is 10.2 Å². The van der Waals surface area contributed by atoms with Crippen LogP contribution in [0.4, 0.5) is 0 Å². The predicted molar refractivity (Wildman–Crippen MR) is 40.0 cm³/mol. The summed E-state index contributed by atoms with van der Waals surface area (Å²) in [6.45, 7) is -0.417. The van der Waals surface area contributed by atoms with Gasteiger partial charge >= 0.3 is 0 Å². The van der Waals surface area contributed by atoms with Gasteiger partial charge in [-0.1, -0.05) is 18.2 Å². The SMILES string of the molecule is OCc1cccc(CO)c1O. The van der Waals surface area contributed by atoms with Crippen LogP contribution >= 0.6 is 0 Å². The van der Waals surface area contributed by atoms with Gasteiger partial charge in [0, 0.05) is 11.1 Å². The fourth-order valence-electron chi connectivity index (χ4n) is 0.900. The van der Waals surface area contributed by atoms with Crippen molar-refractivity contribution in [2.75, 3.05) is 0 Å². The van der Waals surface area contributed by atoms with Crippen LogP contribution in [-0.4, -0.2) is 15.3 Å². The van der Waals surface area contributed by atoms with Crippen LogP contribution in [-0.2, 0) is 13.2 Å². The van der Waals surface area contributed by atoms with E-state index in [9.17, 15) is 5.11 Å². The summed E-state index contributed by atoms with van der Waals surface area (Å²) < 4.78 is 0. The normalized spacial score (nSPS) is 10.0. The van der Waals surface area contributed by atoms with Crippen molar-refractivity contribution in [3.8, 4) is 5.75 Å². The smallest absolute Gasteiger partial charge is 0.126 e. The van der Waals surface area contributed by atoms with Crippen molar-refractivity contribution < 1.29 is 15.3 Å². The molecule has 3 nitrogen and oxygen atoms in total. The molecule has 0 aromatic heterocycles. The van der Waals surface area contributed by atoms with Crippen LogP contribution < -0.4 is 0 Å². The molecule has 0 amide bonds. The summed E-state index contributed by atoms with van der Waals surface area (Å²) in [7, 11) is 0. The summed E-state index contributed by atoms with van der Waals surface area (Å²) >= 11 is 0. The van der Waals surface area contributed by atoms with Crippen molar-refractivity contribution in [2.45, 2.75) is 13.2 Å². The molecule has 0 atom stereocenters. The number of rotatable bonds is 2. The van der Waals surface area contributed by atoms with Crippen LogP contribution in [0, 0.1) is 0 Å². The molecule has 3 N–H and O–H groups in total. The molecule has 0 fully saturated rings. The lowest BCUT2D eigenvalue weighted by Gasteiger charge is -2.04. The van der Waals surface area contributed by atoms with E-state index in [0.717, 1.165) is 0 Å². The largest absolute Gasteiger partial charge is 0.507 e. The van der Waals surface area contributed by atoms with Crippen LogP contribution in [0.2, 0.25) is 0 Å². The molecule has 11 heavy (non-hydrogen) atoms. The van der Waals surface area contributed by atoms with E-state index in [0.29, 0.717) is 11.1 Å². The Morgan fingerprint density at radius 3 is 1.82 bits per heavy atom. The van der Waals surface area contributed by atoms with E-state index in [1.54, 1.807) is 18.2 Å². The summed E-state index contributed by atoms with van der Waals surface area (Å²) in [5.41, 5.74) is 0.883. The van der Waals surface area contributed by atoms with Gasteiger partial charge in [-0.3, -0.25) is 0 Å². The van der Waals surface area contributed by atoms with Crippen molar-refractivity contribution in [3.63, 3.8) is 0 Å². The Morgan fingerprint density at radius 1 is 1.00 bits per heavy atom. The second-order valence-corrected chi connectivity index (χ2v) is 2.24. The van der Waals surface area contributed by atoms with Crippen LogP contribution in [0.1, 0.15) is 11.1 Å². The Morgan fingerprint density at radius 2 is 1.45 bits per heavy atom. The molecule has 0 aliphatic rings. The number of benzene rings is 1. The molecule has 3 heteroatoms. The minimum atomic E-state index is -0.209. The standard InChI is InChI=1S/C8H10O3/c9-4-6-2-1-3-7(5-10)8(6)11/h1-3,9-11H,4-5H2. The number of hydrogen-bond acceptors (Lipinski definition) is 3. The average molecular weight is 154 g/mol. The maximum atomic E-state index is 9.27. The zero-order valence-corrected chi connectivity index (χ0v) is 5.99.